The SMILES string of the molecule is CN1CC2CCC(C1)N2c1n[nH]c2cc(Cl)ncc12. The Bertz CT molecular complexity index is 611. The molecule has 0 radical (unpaired) electrons. The van der Waals surface area contributed by atoms with E-state index in [9.17, 15) is 0 Å². The standard InChI is InChI=1S/C13H16ClN5/c1-18-6-8-2-3-9(7-18)19(8)13-10-5-15-12(14)4-11(10)16-17-13/h4-5,8-9H,2-3,6-7H2,1H3,(H,16,17). The van der Waals surface area contributed by atoms with E-state index in [4.69, 9.17) is 11.6 Å². The van der Waals surface area contributed by atoms with E-state index in [0.717, 1.165) is 29.8 Å². The number of likely N-dealkylation sites (tertiary alicyclic amines) is 1. The summed E-state index contributed by atoms with van der Waals surface area (Å²) in [5.74, 6) is 1.04. The van der Waals surface area contributed by atoms with E-state index in [-0.39, 0.29) is 0 Å². The number of halogens is 1. The Labute approximate surface area is 116 Å². The number of anilines is 1. The van der Waals surface area contributed by atoms with Gasteiger partial charge in [-0.3, -0.25) is 5.10 Å². The summed E-state index contributed by atoms with van der Waals surface area (Å²) in [6, 6.07) is 2.99. The molecule has 2 aromatic heterocycles. The molecule has 0 saturated carbocycles. The van der Waals surface area contributed by atoms with Crippen LogP contribution in [0.4, 0.5) is 5.82 Å². The monoisotopic (exact) mass is 277 g/mol. The number of likely N-dealkylation sites (N-methyl/N-ethyl adjacent to an activating group) is 1. The Morgan fingerprint density at radius 2 is 2.05 bits per heavy atom. The summed E-state index contributed by atoms with van der Waals surface area (Å²) in [6.07, 6.45) is 4.34. The molecule has 0 aliphatic carbocycles. The Morgan fingerprint density at radius 1 is 1.32 bits per heavy atom. The average molecular weight is 278 g/mol. The van der Waals surface area contributed by atoms with E-state index >= 15 is 0 Å². The average Bonchev–Trinajstić information content (AvgIpc) is 2.88. The molecule has 2 unspecified atom stereocenters. The first-order valence-corrected chi connectivity index (χ1v) is 7.06. The first kappa shape index (κ1) is 11.5. The molecular formula is C13H16ClN5. The van der Waals surface area contributed by atoms with Crippen molar-refractivity contribution in [3.05, 3.63) is 17.4 Å². The van der Waals surface area contributed by atoms with Crippen LogP contribution in [-0.2, 0) is 0 Å². The minimum Gasteiger partial charge on any atom is -0.346 e. The zero-order chi connectivity index (χ0) is 13.0. The summed E-state index contributed by atoms with van der Waals surface area (Å²) in [6.45, 7) is 2.23. The van der Waals surface area contributed by atoms with E-state index < -0.39 is 0 Å². The second-order valence-electron chi connectivity index (χ2n) is 5.61. The highest BCUT2D eigenvalue weighted by molar-refractivity contribution is 6.30. The molecule has 2 bridgehead atoms. The molecule has 2 fully saturated rings. The maximum Gasteiger partial charge on any atom is 0.160 e. The number of H-pyrrole nitrogens is 1. The maximum absolute atomic E-state index is 5.92. The van der Waals surface area contributed by atoms with Gasteiger partial charge in [-0.2, -0.15) is 5.10 Å². The van der Waals surface area contributed by atoms with E-state index in [0.29, 0.717) is 17.2 Å². The molecule has 19 heavy (non-hydrogen) atoms. The molecule has 2 saturated heterocycles. The number of nitrogens with one attached hydrogen (secondary N) is 1. The smallest absolute Gasteiger partial charge is 0.160 e. The molecule has 6 heteroatoms. The predicted molar refractivity (Wildman–Crippen MR) is 75.7 cm³/mol. The van der Waals surface area contributed by atoms with E-state index in [1.54, 1.807) is 0 Å². The fourth-order valence-corrected chi connectivity index (χ4v) is 3.69. The number of hydrogen-bond donors (Lipinski definition) is 1. The third-order valence-electron chi connectivity index (χ3n) is 4.30. The number of piperazine rings is 1. The third-order valence-corrected chi connectivity index (χ3v) is 4.51. The zero-order valence-electron chi connectivity index (χ0n) is 10.8. The molecule has 5 nitrogen and oxygen atoms in total. The van der Waals surface area contributed by atoms with Gasteiger partial charge in [-0.15, -0.1) is 0 Å². The van der Waals surface area contributed by atoms with Crippen LogP contribution in [0.2, 0.25) is 5.15 Å². The van der Waals surface area contributed by atoms with Gasteiger partial charge >= 0.3 is 0 Å². The van der Waals surface area contributed by atoms with Crippen molar-refractivity contribution in [1.82, 2.24) is 20.1 Å². The molecule has 4 rings (SSSR count). The first-order valence-electron chi connectivity index (χ1n) is 6.69. The van der Waals surface area contributed by atoms with Gasteiger partial charge in [0.05, 0.1) is 10.9 Å². The van der Waals surface area contributed by atoms with Gasteiger partial charge in [-0.05, 0) is 19.9 Å². The predicted octanol–water partition coefficient (Wildman–Crippen LogP) is 1.89. The van der Waals surface area contributed by atoms with Crippen molar-refractivity contribution in [1.29, 1.82) is 0 Å². The van der Waals surface area contributed by atoms with Crippen LogP contribution in [0.5, 0.6) is 0 Å². The molecule has 100 valence electrons. The van der Waals surface area contributed by atoms with Crippen molar-refractivity contribution in [3.8, 4) is 0 Å². The molecule has 0 amide bonds. The summed E-state index contributed by atoms with van der Waals surface area (Å²) >= 11 is 5.92. The highest BCUT2D eigenvalue weighted by atomic mass is 35.5. The highest BCUT2D eigenvalue weighted by Crippen LogP contribution is 2.36. The van der Waals surface area contributed by atoms with Crippen LogP contribution >= 0.6 is 11.6 Å². The fourth-order valence-electron chi connectivity index (χ4n) is 3.53. The lowest BCUT2D eigenvalue weighted by atomic mass is 10.2. The number of aromatic amines is 1. The van der Waals surface area contributed by atoms with Gasteiger partial charge in [0.1, 0.15) is 5.15 Å². The first-order chi connectivity index (χ1) is 9.22. The molecule has 2 aliphatic rings. The van der Waals surface area contributed by atoms with Crippen molar-refractivity contribution in [3.63, 3.8) is 0 Å². The Hall–Kier alpha value is -1.33. The number of fused-ring (bicyclic) bond motifs is 3. The second kappa shape index (κ2) is 4.08. The number of pyridine rings is 1. The topological polar surface area (TPSA) is 48.0 Å². The third kappa shape index (κ3) is 1.72. The number of aromatic nitrogens is 3. The zero-order valence-corrected chi connectivity index (χ0v) is 11.6. The van der Waals surface area contributed by atoms with Crippen LogP contribution in [0.25, 0.3) is 10.9 Å². The maximum atomic E-state index is 5.92. The van der Waals surface area contributed by atoms with Gasteiger partial charge in [0.2, 0.25) is 0 Å². The van der Waals surface area contributed by atoms with Gasteiger partial charge < -0.3 is 9.80 Å². The quantitative estimate of drug-likeness (QED) is 0.809. The summed E-state index contributed by atoms with van der Waals surface area (Å²) in [5.41, 5.74) is 0.966. The van der Waals surface area contributed by atoms with Crippen LogP contribution < -0.4 is 4.90 Å². The van der Waals surface area contributed by atoms with E-state index in [2.05, 4.69) is 32.0 Å². The number of rotatable bonds is 1. The van der Waals surface area contributed by atoms with Crippen LogP contribution in [0.3, 0.4) is 0 Å². The number of hydrogen-bond acceptors (Lipinski definition) is 4. The van der Waals surface area contributed by atoms with Gasteiger partial charge in [0.15, 0.2) is 5.82 Å². The van der Waals surface area contributed by atoms with Crippen molar-refractivity contribution < 1.29 is 0 Å². The minimum atomic E-state index is 0.504. The van der Waals surface area contributed by atoms with Crippen molar-refractivity contribution in [2.75, 3.05) is 25.0 Å². The Kier molecular flexibility index (Phi) is 2.47. The molecule has 2 atom stereocenters. The summed E-state index contributed by atoms with van der Waals surface area (Å²) in [7, 11) is 2.20. The normalized spacial score (nSPS) is 27.4. The van der Waals surface area contributed by atoms with Gasteiger partial charge in [-0.25, -0.2) is 4.98 Å². The van der Waals surface area contributed by atoms with E-state index in [1.165, 1.54) is 12.8 Å². The van der Waals surface area contributed by atoms with Crippen molar-refractivity contribution in [2.45, 2.75) is 24.9 Å². The highest BCUT2D eigenvalue weighted by Gasteiger charge is 2.40. The molecular weight excluding hydrogens is 262 g/mol. The van der Waals surface area contributed by atoms with Crippen LogP contribution in [0.15, 0.2) is 12.3 Å². The molecule has 2 aliphatic heterocycles. The van der Waals surface area contributed by atoms with Crippen LogP contribution in [0, 0.1) is 0 Å². The van der Waals surface area contributed by atoms with Gasteiger partial charge in [-0.1, -0.05) is 11.6 Å². The molecule has 4 heterocycles. The Morgan fingerprint density at radius 3 is 2.79 bits per heavy atom. The van der Waals surface area contributed by atoms with Gasteiger partial charge in [0.25, 0.3) is 0 Å². The van der Waals surface area contributed by atoms with Crippen molar-refractivity contribution >= 4 is 28.3 Å². The minimum absolute atomic E-state index is 0.504. The second-order valence-corrected chi connectivity index (χ2v) is 6.00. The largest absolute Gasteiger partial charge is 0.346 e. The fraction of sp³-hybridized carbons (Fsp3) is 0.538. The molecule has 0 aromatic carbocycles. The van der Waals surface area contributed by atoms with Crippen molar-refractivity contribution in [2.24, 2.45) is 0 Å². The number of nitrogens with zero attached hydrogens (tertiary/aromatic N) is 4. The molecule has 2 aromatic rings. The summed E-state index contributed by atoms with van der Waals surface area (Å²) < 4.78 is 0. The molecule has 1 N–H and O–H groups in total. The van der Waals surface area contributed by atoms with Gasteiger partial charge in [0, 0.05) is 37.4 Å². The van der Waals surface area contributed by atoms with Crippen LogP contribution in [0.1, 0.15) is 12.8 Å². The lowest BCUT2D eigenvalue weighted by molar-refractivity contribution is 0.264. The molecule has 0 spiro atoms. The lowest BCUT2D eigenvalue weighted by Crippen LogP contribution is -2.52. The summed E-state index contributed by atoms with van der Waals surface area (Å²) in [4.78, 5) is 9.09. The summed E-state index contributed by atoms with van der Waals surface area (Å²) in [5, 5.41) is 9.17. The Balaban J connectivity index is 1.79. The van der Waals surface area contributed by atoms with E-state index in [1.807, 2.05) is 12.3 Å². The lowest BCUT2D eigenvalue weighted by Gasteiger charge is -2.39. The van der Waals surface area contributed by atoms with Crippen LogP contribution in [-0.4, -0.2) is 52.3 Å².